The zero-order valence-corrected chi connectivity index (χ0v) is 24.9. The Balaban J connectivity index is 2.04. The summed E-state index contributed by atoms with van der Waals surface area (Å²) in [6.07, 6.45) is 0.699. The van der Waals surface area contributed by atoms with Gasteiger partial charge in [0.25, 0.3) is 10.0 Å². The summed E-state index contributed by atoms with van der Waals surface area (Å²) in [5.74, 6) is -1.39. The minimum absolute atomic E-state index is 0.0179. The number of hydrogen-bond donors (Lipinski definition) is 1. The molecule has 0 bridgehead atoms. The lowest BCUT2D eigenvalue weighted by molar-refractivity contribution is -0.139. The Labute approximate surface area is 241 Å². The van der Waals surface area contributed by atoms with Gasteiger partial charge >= 0.3 is 0 Å². The number of halogens is 2. The molecule has 0 aromatic heterocycles. The van der Waals surface area contributed by atoms with E-state index in [1.165, 1.54) is 53.4 Å². The molecule has 3 rings (SSSR count). The minimum atomic E-state index is -4.20. The highest BCUT2D eigenvalue weighted by molar-refractivity contribution is 7.92. The molecule has 40 heavy (non-hydrogen) atoms. The topological polar surface area (TPSA) is 86.8 Å². The van der Waals surface area contributed by atoms with Gasteiger partial charge in [0.2, 0.25) is 11.8 Å². The number of aryl methyl sites for hydroxylation is 2. The summed E-state index contributed by atoms with van der Waals surface area (Å²) in [4.78, 5) is 28.3. The molecule has 2 atom stereocenters. The first-order valence-corrected chi connectivity index (χ1v) is 14.8. The number of rotatable bonds is 11. The average Bonchev–Trinajstić information content (AvgIpc) is 2.92. The van der Waals surface area contributed by atoms with E-state index in [-0.39, 0.29) is 23.4 Å². The predicted molar refractivity (Wildman–Crippen MR) is 156 cm³/mol. The molecule has 0 aliphatic rings. The Bertz CT molecular complexity index is 1450. The second-order valence-electron chi connectivity index (χ2n) is 9.88. The fourth-order valence-electron chi connectivity index (χ4n) is 3.98. The van der Waals surface area contributed by atoms with Crippen molar-refractivity contribution >= 4 is 39.1 Å². The van der Waals surface area contributed by atoms with Crippen molar-refractivity contribution < 1.29 is 22.4 Å². The van der Waals surface area contributed by atoms with E-state index in [0.29, 0.717) is 22.7 Å². The fraction of sp³-hybridized carbons (Fsp3) is 0.333. The third-order valence-electron chi connectivity index (χ3n) is 6.89. The van der Waals surface area contributed by atoms with Crippen LogP contribution in [0.4, 0.5) is 10.1 Å². The predicted octanol–water partition coefficient (Wildman–Crippen LogP) is 5.62. The molecule has 0 fully saturated rings. The fourth-order valence-corrected chi connectivity index (χ4v) is 5.51. The lowest BCUT2D eigenvalue weighted by Crippen LogP contribution is -2.52. The number of sulfonamides is 1. The van der Waals surface area contributed by atoms with Gasteiger partial charge in [0.15, 0.2) is 0 Å². The molecule has 0 saturated heterocycles. The molecule has 3 aromatic carbocycles. The van der Waals surface area contributed by atoms with E-state index >= 15 is 0 Å². The van der Waals surface area contributed by atoms with Gasteiger partial charge in [0, 0.05) is 17.6 Å². The Hall–Kier alpha value is -3.43. The maximum absolute atomic E-state index is 13.9. The Morgan fingerprint density at radius 2 is 1.57 bits per heavy atom. The quantitative estimate of drug-likeness (QED) is 0.315. The van der Waals surface area contributed by atoms with Gasteiger partial charge in [-0.3, -0.25) is 13.9 Å². The third kappa shape index (κ3) is 7.61. The molecular formula is C30H35ClFN3O4S. The van der Waals surface area contributed by atoms with Crippen LogP contribution in [0.25, 0.3) is 0 Å². The number of nitrogens with zero attached hydrogens (tertiary/aromatic N) is 2. The van der Waals surface area contributed by atoms with E-state index in [1.807, 2.05) is 27.7 Å². The molecule has 2 amide bonds. The van der Waals surface area contributed by atoms with E-state index in [1.54, 1.807) is 25.1 Å². The summed E-state index contributed by atoms with van der Waals surface area (Å²) in [6, 6.07) is 15.4. The Morgan fingerprint density at radius 3 is 2.15 bits per heavy atom. The zero-order valence-electron chi connectivity index (χ0n) is 23.3. The van der Waals surface area contributed by atoms with Crippen molar-refractivity contribution in [3.05, 3.63) is 94.3 Å². The lowest BCUT2D eigenvalue weighted by atomic mass is 10.1. The highest BCUT2D eigenvalue weighted by Gasteiger charge is 2.33. The largest absolute Gasteiger partial charge is 0.352 e. The van der Waals surface area contributed by atoms with Gasteiger partial charge in [-0.25, -0.2) is 12.8 Å². The smallest absolute Gasteiger partial charge is 0.264 e. The van der Waals surface area contributed by atoms with Crippen LogP contribution in [0.2, 0.25) is 5.02 Å². The molecule has 0 aliphatic carbocycles. The van der Waals surface area contributed by atoms with Crippen LogP contribution in [0.5, 0.6) is 0 Å². The molecule has 0 unspecified atom stereocenters. The van der Waals surface area contributed by atoms with Gasteiger partial charge in [-0.15, -0.1) is 0 Å². The number of anilines is 1. The number of carbonyl (C=O) groups excluding carboxylic acids is 2. The Morgan fingerprint density at radius 1 is 0.950 bits per heavy atom. The maximum Gasteiger partial charge on any atom is 0.264 e. The van der Waals surface area contributed by atoms with Crippen molar-refractivity contribution in [3.8, 4) is 0 Å². The van der Waals surface area contributed by atoms with E-state index in [9.17, 15) is 22.4 Å². The summed E-state index contributed by atoms with van der Waals surface area (Å²) in [5, 5.41) is 3.26. The molecule has 0 radical (unpaired) electrons. The van der Waals surface area contributed by atoms with Crippen LogP contribution in [0.15, 0.2) is 71.6 Å². The van der Waals surface area contributed by atoms with E-state index in [4.69, 9.17) is 11.6 Å². The molecule has 0 heterocycles. The number of amides is 2. The highest BCUT2D eigenvalue weighted by atomic mass is 35.5. The lowest BCUT2D eigenvalue weighted by Gasteiger charge is -2.32. The van der Waals surface area contributed by atoms with Crippen LogP contribution >= 0.6 is 11.6 Å². The normalized spacial score (nSPS) is 12.9. The summed E-state index contributed by atoms with van der Waals surface area (Å²) in [6.45, 7) is 8.57. The highest BCUT2D eigenvalue weighted by Crippen LogP contribution is 2.27. The van der Waals surface area contributed by atoms with Crippen LogP contribution in [-0.4, -0.2) is 43.8 Å². The maximum atomic E-state index is 13.9. The molecule has 1 N–H and O–H groups in total. The van der Waals surface area contributed by atoms with Crippen molar-refractivity contribution in [1.82, 2.24) is 10.2 Å². The Kier molecular flexibility index (Phi) is 10.3. The second kappa shape index (κ2) is 13.3. The molecule has 10 heteroatoms. The van der Waals surface area contributed by atoms with E-state index in [0.717, 1.165) is 15.4 Å². The van der Waals surface area contributed by atoms with Crippen LogP contribution < -0.4 is 9.62 Å². The monoisotopic (exact) mass is 587 g/mol. The first-order chi connectivity index (χ1) is 18.8. The molecule has 0 aliphatic heterocycles. The van der Waals surface area contributed by atoms with Crippen molar-refractivity contribution in [1.29, 1.82) is 0 Å². The van der Waals surface area contributed by atoms with Gasteiger partial charge in [-0.05, 0) is 99.3 Å². The van der Waals surface area contributed by atoms with Gasteiger partial charge in [0.05, 0.1) is 10.6 Å². The van der Waals surface area contributed by atoms with Crippen molar-refractivity contribution in [2.75, 3.05) is 10.8 Å². The van der Waals surface area contributed by atoms with Crippen LogP contribution in [0.1, 0.15) is 43.9 Å². The third-order valence-corrected chi connectivity index (χ3v) is 8.93. The minimum Gasteiger partial charge on any atom is -0.352 e. The average molecular weight is 588 g/mol. The van der Waals surface area contributed by atoms with Crippen molar-refractivity contribution in [2.24, 2.45) is 0 Å². The van der Waals surface area contributed by atoms with Gasteiger partial charge in [-0.2, -0.15) is 0 Å². The van der Waals surface area contributed by atoms with Crippen molar-refractivity contribution in [3.63, 3.8) is 0 Å². The number of nitrogens with one attached hydrogen (secondary N) is 1. The van der Waals surface area contributed by atoms with E-state index < -0.39 is 34.3 Å². The standard InChI is InChI=1S/C30H35ClFN3O4S/c1-6-22(4)33-30(37)23(5)34(18-24-8-12-26(32)13-9-24)29(36)19-35(27-14-7-20(2)21(3)17-27)40(38,39)28-15-10-25(31)11-16-28/h7-17,22-23H,6,18-19H2,1-5H3,(H,33,37)/t22-,23-/m0/s1. The van der Waals surface area contributed by atoms with Gasteiger partial charge in [0.1, 0.15) is 18.4 Å². The SMILES string of the molecule is CC[C@H](C)NC(=O)[C@H](C)N(Cc1ccc(F)cc1)C(=O)CN(c1ccc(C)c(C)c1)S(=O)(=O)c1ccc(Cl)cc1. The van der Waals surface area contributed by atoms with Gasteiger partial charge in [-0.1, -0.05) is 36.7 Å². The summed E-state index contributed by atoms with van der Waals surface area (Å²) < 4.78 is 42.4. The summed E-state index contributed by atoms with van der Waals surface area (Å²) >= 11 is 5.99. The molecular weight excluding hydrogens is 553 g/mol. The van der Waals surface area contributed by atoms with Crippen LogP contribution in [0, 0.1) is 19.7 Å². The number of hydrogen-bond acceptors (Lipinski definition) is 4. The van der Waals surface area contributed by atoms with Gasteiger partial charge < -0.3 is 10.2 Å². The number of carbonyl (C=O) groups is 2. The summed E-state index contributed by atoms with van der Waals surface area (Å²) in [7, 11) is -4.20. The van der Waals surface area contributed by atoms with Crippen LogP contribution in [-0.2, 0) is 26.2 Å². The zero-order chi connectivity index (χ0) is 29.6. The molecule has 0 spiro atoms. The first kappa shape index (κ1) is 31.1. The molecule has 0 saturated carbocycles. The van der Waals surface area contributed by atoms with E-state index in [2.05, 4.69) is 5.32 Å². The molecule has 3 aromatic rings. The molecule has 214 valence electrons. The molecule has 7 nitrogen and oxygen atoms in total. The number of benzene rings is 3. The second-order valence-corrected chi connectivity index (χ2v) is 12.2. The van der Waals surface area contributed by atoms with Crippen molar-refractivity contribution in [2.45, 2.75) is 64.6 Å². The van der Waals surface area contributed by atoms with Crippen LogP contribution in [0.3, 0.4) is 0 Å². The summed E-state index contributed by atoms with van der Waals surface area (Å²) in [5.41, 5.74) is 2.72. The first-order valence-electron chi connectivity index (χ1n) is 13.0.